The highest BCUT2D eigenvalue weighted by Gasteiger charge is 2.46. The maximum absolute atomic E-state index is 13.4. The molecule has 0 atom stereocenters. The number of carbonyl (C=O) groups is 1. The molecule has 2 aromatic rings. The highest BCUT2D eigenvalue weighted by molar-refractivity contribution is 6.24. The van der Waals surface area contributed by atoms with Crippen LogP contribution in [0.2, 0.25) is 0 Å². The lowest BCUT2D eigenvalue weighted by atomic mass is 9.77. The highest BCUT2D eigenvalue weighted by atomic mass is 16.1. The smallest absolute Gasteiger partial charge is 0.209 e. The molecule has 0 aromatic heterocycles. The molecule has 5 nitrogen and oxygen atoms in total. The van der Waals surface area contributed by atoms with Gasteiger partial charge in [0.05, 0.1) is 16.7 Å². The number of hydrogen-bond acceptors (Lipinski definition) is 4. The standard InChI is InChI=1S/C29H28N4O/c1-28(2)20-11-7-9-13-22(20)32(5)24(28)15-18-26(31-17-30)19(27(18)34)16-25-29(3,4)21-12-8-10-14-23(21)33(25)6/h7-16H,1-6H3/p+1. The van der Waals surface area contributed by atoms with Crippen molar-refractivity contribution in [2.45, 2.75) is 38.5 Å². The fourth-order valence-electron chi connectivity index (χ4n) is 5.71. The number of ketones is 1. The summed E-state index contributed by atoms with van der Waals surface area (Å²) in [5.41, 5.74) is 7.98. The van der Waals surface area contributed by atoms with Gasteiger partial charge in [-0.05, 0) is 31.6 Å². The summed E-state index contributed by atoms with van der Waals surface area (Å²) in [6.07, 6.45) is 5.92. The number of allylic oxidation sites excluding steroid dienone is 5. The molecular weight excluding hydrogens is 420 g/mol. The Kier molecular flexibility index (Phi) is 4.70. The van der Waals surface area contributed by atoms with Crippen LogP contribution in [0.3, 0.4) is 0 Å². The number of carbonyl (C=O) groups excluding carboxylic acids is 1. The van der Waals surface area contributed by atoms with E-state index < -0.39 is 0 Å². The Labute approximate surface area is 201 Å². The minimum Gasteiger partial charge on any atom is -0.347 e. The zero-order valence-electron chi connectivity index (χ0n) is 20.5. The molecule has 5 rings (SSSR count). The van der Waals surface area contributed by atoms with Crippen LogP contribution in [0.25, 0.3) is 0 Å². The van der Waals surface area contributed by atoms with Crippen LogP contribution in [0.15, 0.2) is 83.2 Å². The Morgan fingerprint density at radius 2 is 1.62 bits per heavy atom. The Bertz CT molecular complexity index is 1430. The van der Waals surface area contributed by atoms with Gasteiger partial charge in [0.2, 0.25) is 5.69 Å². The van der Waals surface area contributed by atoms with E-state index >= 15 is 0 Å². The second-order valence-electron chi connectivity index (χ2n) is 10.2. The fraction of sp³-hybridized carbons (Fsp3) is 0.276. The number of rotatable bonds is 3. The molecule has 2 aromatic carbocycles. The van der Waals surface area contributed by atoms with E-state index in [9.17, 15) is 10.1 Å². The number of benzene rings is 2. The van der Waals surface area contributed by atoms with Crippen molar-refractivity contribution < 1.29 is 9.37 Å². The van der Waals surface area contributed by atoms with Crippen LogP contribution >= 0.6 is 0 Å². The first kappa shape index (κ1) is 21.9. The molecule has 0 saturated carbocycles. The number of Topliss-reactive ketones (excluding diaryl/α,β-unsaturated/α-hetero) is 1. The molecule has 2 heterocycles. The molecule has 1 N–H and O–H groups in total. The Morgan fingerprint density at radius 3 is 2.26 bits per heavy atom. The van der Waals surface area contributed by atoms with E-state index in [0.717, 1.165) is 22.8 Å². The summed E-state index contributed by atoms with van der Waals surface area (Å²) < 4.78 is 2.14. The number of likely N-dealkylation sites (N-methyl/N-ethyl adjacent to an activating group) is 1. The molecule has 34 heavy (non-hydrogen) atoms. The maximum atomic E-state index is 13.4. The van der Waals surface area contributed by atoms with Crippen molar-refractivity contribution in [3.8, 4) is 6.19 Å². The molecule has 0 unspecified atom stereocenters. The van der Waals surface area contributed by atoms with Crippen molar-refractivity contribution in [2.24, 2.45) is 0 Å². The Hall–Kier alpha value is -3.91. The van der Waals surface area contributed by atoms with Gasteiger partial charge in [-0.25, -0.2) is 0 Å². The van der Waals surface area contributed by atoms with Crippen molar-refractivity contribution in [3.63, 3.8) is 0 Å². The number of nitrogens with zero attached hydrogens (tertiary/aromatic N) is 3. The SMILES string of the molecule is CN1C(=CC2=C(NC#N)C(=CC3=[N+](C)c4ccccc4C3(C)C)C2=O)C(C)(C)c2ccccc21. The molecule has 1 aliphatic carbocycles. The molecule has 0 saturated heterocycles. The second kappa shape index (κ2) is 7.30. The summed E-state index contributed by atoms with van der Waals surface area (Å²) in [5, 5.41) is 12.2. The average Bonchev–Trinajstić information content (AvgIpc) is 3.13. The minimum absolute atomic E-state index is 0.0435. The predicted molar refractivity (Wildman–Crippen MR) is 135 cm³/mol. The summed E-state index contributed by atoms with van der Waals surface area (Å²) in [5.74, 6) is -0.0435. The van der Waals surface area contributed by atoms with Gasteiger partial charge < -0.3 is 4.90 Å². The summed E-state index contributed by atoms with van der Waals surface area (Å²) in [6.45, 7) is 8.67. The van der Waals surface area contributed by atoms with Crippen LogP contribution in [-0.2, 0) is 15.6 Å². The molecule has 170 valence electrons. The maximum Gasteiger partial charge on any atom is 0.209 e. The molecule has 0 amide bonds. The third-order valence-electron chi connectivity index (χ3n) is 7.65. The largest absolute Gasteiger partial charge is 0.347 e. The van der Waals surface area contributed by atoms with Crippen molar-refractivity contribution in [3.05, 3.63) is 94.4 Å². The lowest BCUT2D eigenvalue weighted by Gasteiger charge is -2.28. The second-order valence-corrected chi connectivity index (χ2v) is 10.2. The molecule has 0 bridgehead atoms. The number of para-hydroxylation sites is 2. The van der Waals surface area contributed by atoms with E-state index in [-0.39, 0.29) is 16.6 Å². The van der Waals surface area contributed by atoms with Crippen molar-refractivity contribution in [1.29, 1.82) is 5.26 Å². The Balaban J connectivity index is 1.61. The van der Waals surface area contributed by atoms with E-state index in [0.29, 0.717) is 16.8 Å². The first-order valence-corrected chi connectivity index (χ1v) is 11.5. The van der Waals surface area contributed by atoms with E-state index in [2.05, 4.69) is 66.8 Å². The summed E-state index contributed by atoms with van der Waals surface area (Å²) in [7, 11) is 4.06. The molecule has 3 aliphatic rings. The molecule has 0 spiro atoms. The van der Waals surface area contributed by atoms with E-state index in [1.165, 1.54) is 11.1 Å². The topological polar surface area (TPSA) is 59.1 Å². The van der Waals surface area contributed by atoms with Gasteiger partial charge in [0, 0.05) is 47.1 Å². The minimum atomic E-state index is -0.250. The van der Waals surface area contributed by atoms with Crippen molar-refractivity contribution >= 4 is 22.9 Å². The van der Waals surface area contributed by atoms with Gasteiger partial charge >= 0.3 is 0 Å². The number of hydrogen-bond donors (Lipinski definition) is 1. The summed E-state index contributed by atoms with van der Waals surface area (Å²) >= 11 is 0. The normalized spacial score (nSPS) is 22.1. The van der Waals surface area contributed by atoms with Crippen LogP contribution < -0.4 is 10.2 Å². The quantitative estimate of drug-likeness (QED) is 0.315. The molecular formula is C29H29N4O+. The molecule has 0 radical (unpaired) electrons. The average molecular weight is 450 g/mol. The van der Waals surface area contributed by atoms with Crippen molar-refractivity contribution in [2.75, 3.05) is 19.0 Å². The van der Waals surface area contributed by atoms with Crippen molar-refractivity contribution in [1.82, 2.24) is 5.32 Å². The van der Waals surface area contributed by atoms with Crippen LogP contribution in [0.5, 0.6) is 0 Å². The van der Waals surface area contributed by atoms with Crippen LogP contribution in [-0.4, -0.2) is 30.2 Å². The molecule has 0 fully saturated rings. The number of nitrogens with one attached hydrogen (secondary N) is 1. The third-order valence-corrected chi connectivity index (χ3v) is 7.65. The van der Waals surface area contributed by atoms with Gasteiger partial charge in [-0.2, -0.15) is 9.84 Å². The van der Waals surface area contributed by atoms with E-state index in [4.69, 9.17) is 0 Å². The van der Waals surface area contributed by atoms with Gasteiger partial charge in [0.1, 0.15) is 7.05 Å². The lowest BCUT2D eigenvalue weighted by molar-refractivity contribution is -0.401. The molecule has 2 aliphatic heterocycles. The Morgan fingerprint density at radius 1 is 0.971 bits per heavy atom. The zero-order chi connectivity index (χ0) is 24.4. The van der Waals surface area contributed by atoms with E-state index in [1.807, 2.05) is 56.7 Å². The fourth-order valence-corrected chi connectivity index (χ4v) is 5.71. The van der Waals surface area contributed by atoms with Gasteiger partial charge in [-0.1, -0.05) is 50.2 Å². The van der Waals surface area contributed by atoms with E-state index in [1.54, 1.807) is 0 Å². The first-order chi connectivity index (χ1) is 16.1. The zero-order valence-corrected chi connectivity index (χ0v) is 20.5. The van der Waals surface area contributed by atoms with Crippen LogP contribution in [0.4, 0.5) is 11.4 Å². The summed E-state index contributed by atoms with van der Waals surface area (Å²) in [4.78, 5) is 15.6. The monoisotopic (exact) mass is 449 g/mol. The van der Waals surface area contributed by atoms with Gasteiger partial charge in [0.25, 0.3) is 0 Å². The number of anilines is 1. The number of fused-ring (bicyclic) bond motifs is 2. The summed E-state index contributed by atoms with van der Waals surface area (Å²) in [6, 6.07) is 16.6. The lowest BCUT2D eigenvalue weighted by Crippen LogP contribution is -2.34. The number of nitriles is 1. The first-order valence-electron chi connectivity index (χ1n) is 11.5. The van der Waals surface area contributed by atoms with Gasteiger partial charge in [-0.15, -0.1) is 0 Å². The van der Waals surface area contributed by atoms with Gasteiger partial charge in [0.15, 0.2) is 17.7 Å². The van der Waals surface area contributed by atoms with Crippen LogP contribution in [0, 0.1) is 11.5 Å². The highest BCUT2D eigenvalue weighted by Crippen LogP contribution is 2.48. The van der Waals surface area contributed by atoms with Gasteiger partial charge in [-0.3, -0.25) is 10.1 Å². The molecule has 5 heteroatoms. The predicted octanol–water partition coefficient (Wildman–Crippen LogP) is 4.84. The van der Waals surface area contributed by atoms with Crippen LogP contribution in [0.1, 0.15) is 38.8 Å². The third kappa shape index (κ3) is 2.85.